The van der Waals surface area contributed by atoms with E-state index in [4.69, 9.17) is 4.74 Å². The van der Waals surface area contributed by atoms with Gasteiger partial charge in [-0.15, -0.1) is 0 Å². The molecule has 0 aliphatic carbocycles. The molecule has 0 aromatic heterocycles. The van der Waals surface area contributed by atoms with Crippen molar-refractivity contribution in [1.82, 2.24) is 14.5 Å². The van der Waals surface area contributed by atoms with E-state index in [9.17, 15) is 8.42 Å². The molecule has 1 aliphatic heterocycles. The molecule has 2 aromatic rings. The average molecular weight is 482 g/mol. The van der Waals surface area contributed by atoms with Gasteiger partial charge >= 0.3 is 0 Å². The summed E-state index contributed by atoms with van der Waals surface area (Å²) in [5.74, 6) is 0.343. The van der Waals surface area contributed by atoms with Gasteiger partial charge in [0.15, 0.2) is 0 Å². The Hall–Kier alpha value is -1.45. The molecule has 0 spiro atoms. The third kappa shape index (κ3) is 6.52. The molecule has 0 saturated carbocycles. The van der Waals surface area contributed by atoms with Crippen LogP contribution in [-0.4, -0.2) is 64.6 Å². The highest BCUT2D eigenvalue weighted by Crippen LogP contribution is 2.27. The van der Waals surface area contributed by atoms with Crippen LogP contribution in [0.3, 0.4) is 0 Å². The van der Waals surface area contributed by atoms with Crippen LogP contribution < -0.4 is 9.46 Å². The van der Waals surface area contributed by atoms with Gasteiger partial charge in [0.2, 0.25) is 10.0 Å². The first-order chi connectivity index (χ1) is 14.0. The molecule has 1 saturated heterocycles. The van der Waals surface area contributed by atoms with Crippen molar-refractivity contribution in [3.8, 4) is 5.75 Å². The van der Waals surface area contributed by atoms with E-state index in [-0.39, 0.29) is 4.90 Å². The molecule has 1 N–H and O–H groups in total. The Balaban J connectivity index is 1.40. The number of nitrogens with zero attached hydrogens (tertiary/aromatic N) is 2. The maximum atomic E-state index is 12.6. The molecule has 0 atom stereocenters. The molecule has 0 unspecified atom stereocenters. The van der Waals surface area contributed by atoms with E-state index in [0.717, 1.165) is 45.7 Å². The Kier molecular flexibility index (Phi) is 8.08. The zero-order valence-corrected chi connectivity index (χ0v) is 19.1. The zero-order valence-electron chi connectivity index (χ0n) is 16.7. The predicted octanol–water partition coefficient (Wildman–Crippen LogP) is 2.94. The van der Waals surface area contributed by atoms with Gasteiger partial charge in [-0.25, -0.2) is 13.1 Å². The number of hydrogen-bond donors (Lipinski definition) is 1. The summed E-state index contributed by atoms with van der Waals surface area (Å²) < 4.78 is 33.8. The Morgan fingerprint density at radius 3 is 2.41 bits per heavy atom. The molecular formula is C21H28BrN3O3S. The number of hydrogen-bond acceptors (Lipinski definition) is 5. The maximum absolute atomic E-state index is 12.6. The van der Waals surface area contributed by atoms with Gasteiger partial charge in [0.1, 0.15) is 10.6 Å². The van der Waals surface area contributed by atoms with E-state index in [1.807, 2.05) is 6.07 Å². The minimum atomic E-state index is -3.60. The summed E-state index contributed by atoms with van der Waals surface area (Å²) in [6.45, 7) is 6.38. The second kappa shape index (κ2) is 10.5. The Labute approximate surface area is 182 Å². The van der Waals surface area contributed by atoms with Crippen LogP contribution in [0.2, 0.25) is 0 Å². The van der Waals surface area contributed by atoms with Crippen LogP contribution in [0.4, 0.5) is 0 Å². The lowest BCUT2D eigenvalue weighted by Crippen LogP contribution is -2.46. The molecule has 29 heavy (non-hydrogen) atoms. The number of benzene rings is 2. The number of rotatable bonds is 9. The van der Waals surface area contributed by atoms with E-state index in [2.05, 4.69) is 54.7 Å². The van der Waals surface area contributed by atoms with Crippen LogP contribution in [0.15, 0.2) is 57.9 Å². The first-order valence-electron chi connectivity index (χ1n) is 9.80. The lowest BCUT2D eigenvalue weighted by atomic mass is 10.2. The fourth-order valence-electron chi connectivity index (χ4n) is 3.46. The quantitative estimate of drug-likeness (QED) is 0.557. The summed E-state index contributed by atoms with van der Waals surface area (Å²) in [6, 6.07) is 15.5. The van der Waals surface area contributed by atoms with Crippen LogP contribution in [0, 0.1) is 0 Å². The number of methoxy groups -OCH3 is 1. The van der Waals surface area contributed by atoms with Crippen LogP contribution in [0.5, 0.6) is 5.75 Å². The van der Waals surface area contributed by atoms with Crippen LogP contribution in [-0.2, 0) is 16.6 Å². The fourth-order valence-corrected chi connectivity index (χ4v) is 5.24. The van der Waals surface area contributed by atoms with Crippen LogP contribution in [0.1, 0.15) is 12.0 Å². The largest absolute Gasteiger partial charge is 0.495 e. The average Bonchev–Trinajstić information content (AvgIpc) is 2.73. The molecule has 1 heterocycles. The summed E-state index contributed by atoms with van der Waals surface area (Å²) in [5.41, 5.74) is 1.35. The predicted molar refractivity (Wildman–Crippen MR) is 119 cm³/mol. The van der Waals surface area contributed by atoms with Crippen molar-refractivity contribution in [2.75, 3.05) is 46.4 Å². The summed E-state index contributed by atoms with van der Waals surface area (Å²) in [6.07, 6.45) is 0.772. The van der Waals surface area contributed by atoms with Crippen molar-refractivity contribution in [2.24, 2.45) is 0 Å². The minimum Gasteiger partial charge on any atom is -0.495 e. The third-order valence-electron chi connectivity index (χ3n) is 5.07. The van der Waals surface area contributed by atoms with E-state index in [0.29, 0.717) is 16.8 Å². The van der Waals surface area contributed by atoms with Gasteiger partial charge in [-0.3, -0.25) is 4.90 Å². The second-order valence-electron chi connectivity index (χ2n) is 7.15. The summed E-state index contributed by atoms with van der Waals surface area (Å²) >= 11 is 3.32. The van der Waals surface area contributed by atoms with Crippen molar-refractivity contribution in [2.45, 2.75) is 17.9 Å². The highest BCUT2D eigenvalue weighted by Gasteiger charge is 2.20. The van der Waals surface area contributed by atoms with Gasteiger partial charge in [0, 0.05) is 43.7 Å². The van der Waals surface area contributed by atoms with Crippen molar-refractivity contribution < 1.29 is 13.2 Å². The molecule has 0 radical (unpaired) electrons. The number of piperazine rings is 1. The molecule has 0 amide bonds. The van der Waals surface area contributed by atoms with Gasteiger partial charge < -0.3 is 9.64 Å². The first kappa shape index (κ1) is 22.2. The summed E-state index contributed by atoms with van der Waals surface area (Å²) in [7, 11) is -2.13. The first-order valence-corrected chi connectivity index (χ1v) is 12.1. The third-order valence-corrected chi connectivity index (χ3v) is 7.05. The Bertz CT molecular complexity index is 885. The maximum Gasteiger partial charge on any atom is 0.244 e. The normalized spacial score (nSPS) is 16.1. The topological polar surface area (TPSA) is 61.9 Å². The molecule has 1 aliphatic rings. The lowest BCUT2D eigenvalue weighted by molar-refractivity contribution is 0.126. The highest BCUT2D eigenvalue weighted by atomic mass is 79.9. The van der Waals surface area contributed by atoms with E-state index < -0.39 is 10.0 Å². The smallest absolute Gasteiger partial charge is 0.244 e. The van der Waals surface area contributed by atoms with E-state index in [1.54, 1.807) is 18.2 Å². The number of nitrogens with one attached hydrogen (secondary N) is 1. The number of halogens is 1. The molecule has 1 fully saturated rings. The van der Waals surface area contributed by atoms with Gasteiger partial charge in [-0.1, -0.05) is 46.3 Å². The van der Waals surface area contributed by atoms with Crippen molar-refractivity contribution in [1.29, 1.82) is 0 Å². The second-order valence-corrected chi connectivity index (χ2v) is 9.80. The minimum absolute atomic E-state index is 0.156. The van der Waals surface area contributed by atoms with E-state index >= 15 is 0 Å². The summed E-state index contributed by atoms with van der Waals surface area (Å²) in [4.78, 5) is 5.02. The molecule has 2 aromatic carbocycles. The van der Waals surface area contributed by atoms with Crippen LogP contribution >= 0.6 is 15.9 Å². The van der Waals surface area contributed by atoms with E-state index in [1.165, 1.54) is 12.7 Å². The van der Waals surface area contributed by atoms with Gasteiger partial charge in [0.05, 0.1) is 7.11 Å². The highest BCUT2D eigenvalue weighted by molar-refractivity contribution is 9.10. The van der Waals surface area contributed by atoms with Crippen molar-refractivity contribution >= 4 is 26.0 Å². The zero-order chi connectivity index (χ0) is 20.7. The molecule has 0 bridgehead atoms. The Morgan fingerprint density at radius 1 is 1.03 bits per heavy atom. The molecule has 6 nitrogen and oxygen atoms in total. The van der Waals surface area contributed by atoms with Crippen LogP contribution in [0.25, 0.3) is 0 Å². The molecular weight excluding hydrogens is 454 g/mol. The monoisotopic (exact) mass is 481 g/mol. The van der Waals surface area contributed by atoms with Crippen molar-refractivity contribution in [3.63, 3.8) is 0 Å². The van der Waals surface area contributed by atoms with Gasteiger partial charge in [-0.05, 0) is 36.7 Å². The molecule has 8 heteroatoms. The Morgan fingerprint density at radius 2 is 1.72 bits per heavy atom. The fraction of sp³-hybridized carbons (Fsp3) is 0.429. The van der Waals surface area contributed by atoms with Gasteiger partial charge in [-0.2, -0.15) is 0 Å². The summed E-state index contributed by atoms with van der Waals surface area (Å²) in [5, 5.41) is 0. The SMILES string of the molecule is COc1ccc(Br)cc1S(=O)(=O)NCCCN1CCN(Cc2ccccc2)CC1. The number of sulfonamides is 1. The van der Waals surface area contributed by atoms with Crippen molar-refractivity contribution in [3.05, 3.63) is 58.6 Å². The number of ether oxygens (including phenoxy) is 1. The standard InChI is InChI=1S/C21H28BrN3O3S/c1-28-20-9-8-19(22)16-21(20)29(26,27)23-10-5-11-24-12-14-25(15-13-24)17-18-6-3-2-4-7-18/h2-4,6-9,16,23H,5,10-15,17H2,1H3. The molecule has 3 rings (SSSR count). The lowest BCUT2D eigenvalue weighted by Gasteiger charge is -2.34. The van der Waals surface area contributed by atoms with Gasteiger partial charge in [0.25, 0.3) is 0 Å². The molecule has 158 valence electrons.